The van der Waals surface area contributed by atoms with Gasteiger partial charge in [-0.25, -0.2) is 0 Å². The van der Waals surface area contributed by atoms with Crippen LogP contribution in [0.4, 0.5) is 0 Å². The second-order valence-electron chi connectivity index (χ2n) is 5.86. The normalized spacial score (nSPS) is 23.5. The van der Waals surface area contributed by atoms with Gasteiger partial charge in [0.25, 0.3) is 0 Å². The van der Waals surface area contributed by atoms with E-state index < -0.39 is 0 Å². The topological polar surface area (TPSA) is 15.6 Å². The van der Waals surface area contributed by atoms with Crippen molar-refractivity contribution < 1.29 is 0 Å². The molecule has 0 fully saturated rings. The number of hydrazone groups is 1. The molecule has 0 amide bonds. The zero-order valence-corrected chi connectivity index (χ0v) is 12.7. The summed E-state index contributed by atoms with van der Waals surface area (Å²) in [6, 6.07) is 17.2. The molecule has 0 saturated heterocycles. The molecule has 0 saturated carbocycles. The van der Waals surface area contributed by atoms with Crippen LogP contribution in [0.3, 0.4) is 0 Å². The highest BCUT2D eigenvalue weighted by Gasteiger charge is 2.39. The fourth-order valence-corrected chi connectivity index (χ4v) is 3.80. The average molecular weight is 297 g/mol. The van der Waals surface area contributed by atoms with Crippen molar-refractivity contribution in [3.8, 4) is 0 Å². The van der Waals surface area contributed by atoms with Gasteiger partial charge in [0.15, 0.2) is 0 Å². The summed E-state index contributed by atoms with van der Waals surface area (Å²) < 4.78 is 0. The van der Waals surface area contributed by atoms with E-state index in [1.165, 1.54) is 22.4 Å². The molecule has 2 aliphatic rings. The van der Waals surface area contributed by atoms with E-state index in [0.29, 0.717) is 12.0 Å². The van der Waals surface area contributed by atoms with E-state index in [1.54, 1.807) is 0 Å². The number of halogens is 1. The van der Waals surface area contributed by atoms with Gasteiger partial charge in [0.1, 0.15) is 0 Å². The monoisotopic (exact) mass is 296 g/mol. The smallest absolute Gasteiger partial charge is 0.0801 e. The Morgan fingerprint density at radius 3 is 2.67 bits per heavy atom. The first-order valence-electron chi connectivity index (χ1n) is 7.39. The maximum absolute atomic E-state index is 6.02. The summed E-state index contributed by atoms with van der Waals surface area (Å²) in [4.78, 5) is 0. The molecule has 0 spiro atoms. The average Bonchev–Trinajstić information content (AvgIpc) is 2.85. The molecule has 4 rings (SSSR count). The lowest BCUT2D eigenvalue weighted by Gasteiger charge is -2.29. The van der Waals surface area contributed by atoms with Crippen LogP contribution < -0.4 is 0 Å². The molecule has 2 atom stereocenters. The zero-order valence-electron chi connectivity index (χ0n) is 12.0. The quantitative estimate of drug-likeness (QED) is 0.766. The summed E-state index contributed by atoms with van der Waals surface area (Å²) in [5, 5.41) is 7.75. The van der Waals surface area contributed by atoms with Crippen LogP contribution in [-0.2, 0) is 6.42 Å². The number of benzene rings is 2. The lowest BCUT2D eigenvalue weighted by Crippen LogP contribution is -2.27. The SMILES string of the molecule is CN1N=C2c3ccccc3CC[C@H]2[C@@H]1c1ccc(Cl)cc1. The van der Waals surface area contributed by atoms with E-state index in [9.17, 15) is 0 Å². The Bertz CT molecular complexity index is 705. The van der Waals surface area contributed by atoms with Gasteiger partial charge in [-0.1, -0.05) is 48.0 Å². The molecule has 0 radical (unpaired) electrons. The highest BCUT2D eigenvalue weighted by Crippen LogP contribution is 2.42. The van der Waals surface area contributed by atoms with Gasteiger partial charge < -0.3 is 0 Å². The Balaban J connectivity index is 1.74. The Kier molecular flexibility index (Phi) is 3.00. The van der Waals surface area contributed by atoms with Crippen molar-refractivity contribution in [2.75, 3.05) is 7.05 Å². The van der Waals surface area contributed by atoms with Gasteiger partial charge in [-0.15, -0.1) is 0 Å². The molecule has 3 heteroatoms. The summed E-state index contributed by atoms with van der Waals surface area (Å²) in [6.07, 6.45) is 2.30. The standard InChI is InChI=1S/C18H17ClN2/c1-21-18(13-6-9-14(19)10-7-13)16-11-8-12-4-2-3-5-15(12)17(16)20-21/h2-7,9-10,16,18H,8,11H2,1H3/t16-,18+/m1/s1. The summed E-state index contributed by atoms with van der Waals surface area (Å²) in [5.41, 5.74) is 5.30. The molecule has 1 heterocycles. The van der Waals surface area contributed by atoms with Crippen molar-refractivity contribution in [2.24, 2.45) is 11.0 Å². The number of aryl methyl sites for hydroxylation is 1. The van der Waals surface area contributed by atoms with Gasteiger partial charge in [-0.3, -0.25) is 5.01 Å². The third-order valence-electron chi connectivity index (χ3n) is 4.63. The summed E-state index contributed by atoms with van der Waals surface area (Å²) in [5.74, 6) is 0.478. The van der Waals surface area contributed by atoms with E-state index >= 15 is 0 Å². The third-order valence-corrected chi connectivity index (χ3v) is 4.88. The molecule has 0 unspecified atom stereocenters. The molecular weight excluding hydrogens is 280 g/mol. The van der Waals surface area contributed by atoms with Crippen LogP contribution in [0.5, 0.6) is 0 Å². The lowest BCUT2D eigenvalue weighted by molar-refractivity contribution is 0.244. The first-order chi connectivity index (χ1) is 10.2. The van der Waals surface area contributed by atoms with Crippen molar-refractivity contribution in [1.82, 2.24) is 5.01 Å². The van der Waals surface area contributed by atoms with Gasteiger partial charge >= 0.3 is 0 Å². The molecule has 1 aliphatic heterocycles. The Hall–Kier alpha value is -1.80. The minimum atomic E-state index is 0.325. The predicted octanol–water partition coefficient (Wildman–Crippen LogP) is 4.29. The summed E-state index contributed by atoms with van der Waals surface area (Å²) >= 11 is 6.02. The predicted molar refractivity (Wildman–Crippen MR) is 86.7 cm³/mol. The van der Waals surface area contributed by atoms with Crippen LogP contribution in [0, 0.1) is 5.92 Å². The number of hydrogen-bond acceptors (Lipinski definition) is 2. The summed E-state index contributed by atoms with van der Waals surface area (Å²) in [6.45, 7) is 0. The van der Waals surface area contributed by atoms with Crippen LogP contribution in [0.1, 0.15) is 29.2 Å². The zero-order chi connectivity index (χ0) is 14.4. The molecule has 0 N–H and O–H groups in total. The second kappa shape index (κ2) is 4.88. The van der Waals surface area contributed by atoms with Gasteiger partial charge in [-0.2, -0.15) is 5.10 Å². The number of rotatable bonds is 1. The molecule has 2 aromatic carbocycles. The van der Waals surface area contributed by atoms with E-state index in [-0.39, 0.29) is 0 Å². The fourth-order valence-electron chi connectivity index (χ4n) is 3.67. The van der Waals surface area contributed by atoms with Crippen LogP contribution in [0.25, 0.3) is 0 Å². The van der Waals surface area contributed by atoms with Gasteiger partial charge in [0, 0.05) is 23.6 Å². The van der Waals surface area contributed by atoms with Crippen molar-refractivity contribution in [3.05, 3.63) is 70.2 Å². The molecule has 21 heavy (non-hydrogen) atoms. The summed E-state index contributed by atoms with van der Waals surface area (Å²) in [7, 11) is 2.08. The lowest BCUT2D eigenvalue weighted by atomic mass is 9.77. The van der Waals surface area contributed by atoms with Crippen molar-refractivity contribution in [3.63, 3.8) is 0 Å². The van der Waals surface area contributed by atoms with E-state index in [2.05, 4.69) is 48.5 Å². The molecule has 2 nitrogen and oxygen atoms in total. The first kappa shape index (κ1) is 12.9. The molecule has 0 bridgehead atoms. The van der Waals surface area contributed by atoms with Gasteiger partial charge in [-0.05, 0) is 36.1 Å². The molecule has 0 aromatic heterocycles. The first-order valence-corrected chi connectivity index (χ1v) is 7.77. The van der Waals surface area contributed by atoms with E-state index in [1.807, 2.05) is 12.1 Å². The maximum atomic E-state index is 6.02. The molecule has 1 aliphatic carbocycles. The molecule has 106 valence electrons. The second-order valence-corrected chi connectivity index (χ2v) is 6.29. The minimum absolute atomic E-state index is 0.325. The van der Waals surface area contributed by atoms with Gasteiger partial charge in [0.2, 0.25) is 0 Å². The Morgan fingerprint density at radius 2 is 1.86 bits per heavy atom. The van der Waals surface area contributed by atoms with Crippen LogP contribution in [0.15, 0.2) is 53.6 Å². The highest BCUT2D eigenvalue weighted by molar-refractivity contribution is 6.30. The largest absolute Gasteiger partial charge is 0.292 e. The number of hydrogen-bond donors (Lipinski definition) is 0. The van der Waals surface area contributed by atoms with Crippen LogP contribution in [0.2, 0.25) is 5.02 Å². The van der Waals surface area contributed by atoms with Crippen LogP contribution in [-0.4, -0.2) is 17.8 Å². The Labute approximate surface area is 130 Å². The maximum Gasteiger partial charge on any atom is 0.0801 e. The minimum Gasteiger partial charge on any atom is -0.292 e. The van der Waals surface area contributed by atoms with Crippen LogP contribution >= 0.6 is 11.6 Å². The number of fused-ring (bicyclic) bond motifs is 3. The number of nitrogens with zero attached hydrogens (tertiary/aromatic N) is 2. The Morgan fingerprint density at radius 1 is 1.10 bits per heavy atom. The highest BCUT2D eigenvalue weighted by atomic mass is 35.5. The van der Waals surface area contributed by atoms with Crippen molar-refractivity contribution >= 4 is 17.3 Å². The van der Waals surface area contributed by atoms with Crippen molar-refractivity contribution in [2.45, 2.75) is 18.9 Å². The van der Waals surface area contributed by atoms with Crippen molar-refractivity contribution in [1.29, 1.82) is 0 Å². The van der Waals surface area contributed by atoms with E-state index in [0.717, 1.165) is 17.9 Å². The fraction of sp³-hybridized carbons (Fsp3) is 0.278. The molecule has 2 aromatic rings. The third kappa shape index (κ3) is 2.06. The van der Waals surface area contributed by atoms with Gasteiger partial charge in [0.05, 0.1) is 11.8 Å². The van der Waals surface area contributed by atoms with E-state index in [4.69, 9.17) is 16.7 Å². The molecular formula is C18H17ClN2.